The monoisotopic (exact) mass is 489 g/mol. The smallest absolute Gasteiger partial charge is 0.230 e. The van der Waals surface area contributed by atoms with Crippen molar-refractivity contribution in [3.05, 3.63) is 29.3 Å². The molecule has 9 heteroatoms. The van der Waals surface area contributed by atoms with Crippen LogP contribution < -0.4 is 10.2 Å². The second-order valence-corrected chi connectivity index (χ2v) is 10.3. The van der Waals surface area contributed by atoms with Crippen molar-refractivity contribution in [1.82, 2.24) is 20.0 Å². The summed E-state index contributed by atoms with van der Waals surface area (Å²) >= 11 is 5.63. The number of anilines is 1. The Hall–Kier alpha value is -1.94. The first-order valence-corrected chi connectivity index (χ1v) is 12.8. The molecule has 1 aromatic carbocycles. The third-order valence-electron chi connectivity index (χ3n) is 7.72. The molecule has 4 rings (SSSR count). The SMILES string of the molecule is COCCNC(=S)N(C)[C@H]1C[C@H]2c3cc(N4CCN(C)CC4)ccc3CCN2C(=O)[C@H]1[C@H](C)O. The van der Waals surface area contributed by atoms with E-state index in [0.29, 0.717) is 24.8 Å². The van der Waals surface area contributed by atoms with Gasteiger partial charge in [0.25, 0.3) is 0 Å². The standard InChI is InChI=1S/C25H39N5O3S/c1-17(31)23-22(28(3)25(34)26-8-14-33-4)16-21-20-15-19(29-12-10-27(2)11-13-29)6-5-18(20)7-9-30(21)24(23)32/h5-6,15,17,21-23,31H,7-14,16H2,1-4H3,(H,26,34)/t17-,21-,22-,23-/m0/s1. The van der Waals surface area contributed by atoms with Gasteiger partial charge in [-0.25, -0.2) is 0 Å². The van der Waals surface area contributed by atoms with Crippen molar-refractivity contribution in [3.8, 4) is 0 Å². The highest BCUT2D eigenvalue weighted by Gasteiger charge is 2.48. The summed E-state index contributed by atoms with van der Waals surface area (Å²) in [7, 11) is 5.75. The second kappa shape index (κ2) is 10.8. The fraction of sp³-hybridized carbons (Fsp3) is 0.680. The Morgan fingerprint density at radius 3 is 2.71 bits per heavy atom. The molecule has 1 aromatic rings. The van der Waals surface area contributed by atoms with Crippen LogP contribution in [0.15, 0.2) is 18.2 Å². The third kappa shape index (κ3) is 5.03. The first-order valence-electron chi connectivity index (χ1n) is 12.4. The molecule has 0 aromatic heterocycles. The van der Waals surface area contributed by atoms with Crippen LogP contribution >= 0.6 is 12.2 Å². The number of piperidine rings is 1. The van der Waals surface area contributed by atoms with Crippen molar-refractivity contribution in [2.24, 2.45) is 5.92 Å². The predicted octanol–water partition coefficient (Wildman–Crippen LogP) is 1.09. The molecule has 0 saturated carbocycles. The lowest BCUT2D eigenvalue weighted by molar-refractivity contribution is -0.151. The number of rotatable bonds is 6. The van der Waals surface area contributed by atoms with Crippen LogP contribution in [0.5, 0.6) is 0 Å². The van der Waals surface area contributed by atoms with Crippen LogP contribution in [-0.4, -0.2) is 110 Å². The number of benzene rings is 1. The molecule has 2 N–H and O–H groups in total. The maximum Gasteiger partial charge on any atom is 0.230 e. The minimum atomic E-state index is -0.749. The maximum atomic E-state index is 13.7. The number of carbonyl (C=O) groups excluding carboxylic acids is 1. The number of hydrogen-bond acceptors (Lipinski definition) is 6. The topological polar surface area (TPSA) is 71.5 Å². The van der Waals surface area contributed by atoms with Gasteiger partial charge in [-0.15, -0.1) is 0 Å². The average Bonchev–Trinajstić information content (AvgIpc) is 2.83. The molecule has 0 aliphatic carbocycles. The number of amides is 1. The number of nitrogens with zero attached hydrogens (tertiary/aromatic N) is 4. The zero-order chi connectivity index (χ0) is 24.4. The Labute approximate surface area is 208 Å². The number of methoxy groups -OCH3 is 1. The van der Waals surface area contributed by atoms with Gasteiger partial charge in [0.15, 0.2) is 5.11 Å². The minimum absolute atomic E-state index is 0.00658. The van der Waals surface area contributed by atoms with Gasteiger partial charge in [0.2, 0.25) is 5.91 Å². The van der Waals surface area contributed by atoms with E-state index in [9.17, 15) is 9.90 Å². The Balaban J connectivity index is 1.60. The quantitative estimate of drug-likeness (QED) is 0.455. The van der Waals surface area contributed by atoms with Gasteiger partial charge in [-0.2, -0.15) is 0 Å². The molecule has 1 amide bonds. The Bertz CT molecular complexity index is 889. The van der Waals surface area contributed by atoms with Crippen molar-refractivity contribution in [3.63, 3.8) is 0 Å². The second-order valence-electron chi connectivity index (χ2n) is 9.88. The van der Waals surface area contributed by atoms with Gasteiger partial charge in [-0.1, -0.05) is 6.07 Å². The molecular weight excluding hydrogens is 450 g/mol. The van der Waals surface area contributed by atoms with Gasteiger partial charge in [-0.3, -0.25) is 4.79 Å². The predicted molar refractivity (Wildman–Crippen MR) is 138 cm³/mol. The first kappa shape index (κ1) is 25.2. The Morgan fingerprint density at radius 1 is 1.29 bits per heavy atom. The fourth-order valence-electron chi connectivity index (χ4n) is 5.66. The molecule has 3 aliphatic rings. The molecule has 0 unspecified atom stereocenters. The highest BCUT2D eigenvalue weighted by Crippen LogP contribution is 2.42. The van der Waals surface area contributed by atoms with E-state index in [1.165, 1.54) is 16.8 Å². The lowest BCUT2D eigenvalue weighted by Gasteiger charge is -2.50. The normalized spacial score (nSPS) is 26.0. The number of piperazine rings is 1. The van der Waals surface area contributed by atoms with Gasteiger partial charge in [0.05, 0.1) is 24.7 Å². The average molecular weight is 490 g/mol. The lowest BCUT2D eigenvalue weighted by atomic mass is 9.77. The first-order chi connectivity index (χ1) is 16.3. The van der Waals surface area contributed by atoms with Crippen LogP contribution in [0.3, 0.4) is 0 Å². The largest absolute Gasteiger partial charge is 0.393 e. The van der Waals surface area contributed by atoms with Crippen molar-refractivity contribution >= 4 is 28.9 Å². The van der Waals surface area contributed by atoms with Gasteiger partial charge in [0, 0.05) is 65.2 Å². The molecule has 8 nitrogen and oxygen atoms in total. The fourth-order valence-corrected chi connectivity index (χ4v) is 5.90. The van der Waals surface area contributed by atoms with Crippen molar-refractivity contribution in [2.45, 2.75) is 38.0 Å². The lowest BCUT2D eigenvalue weighted by Crippen LogP contribution is -2.60. The van der Waals surface area contributed by atoms with E-state index in [-0.39, 0.29) is 18.0 Å². The van der Waals surface area contributed by atoms with Crippen molar-refractivity contribution < 1.29 is 14.6 Å². The number of nitrogens with one attached hydrogen (secondary N) is 1. The van der Waals surface area contributed by atoms with Crippen molar-refractivity contribution in [1.29, 1.82) is 0 Å². The van der Waals surface area contributed by atoms with Crippen LogP contribution in [0.2, 0.25) is 0 Å². The van der Waals surface area contributed by atoms with Crippen LogP contribution in [0.4, 0.5) is 5.69 Å². The summed E-state index contributed by atoms with van der Waals surface area (Å²) < 4.78 is 5.12. The van der Waals surface area contributed by atoms with E-state index in [1.807, 2.05) is 16.8 Å². The van der Waals surface area contributed by atoms with Gasteiger partial charge in [-0.05, 0) is 62.3 Å². The van der Waals surface area contributed by atoms with E-state index >= 15 is 0 Å². The van der Waals surface area contributed by atoms with E-state index < -0.39 is 12.0 Å². The van der Waals surface area contributed by atoms with E-state index in [1.54, 1.807) is 14.0 Å². The molecule has 0 radical (unpaired) electrons. The number of aliphatic hydroxyl groups is 1. The molecular formula is C25H39N5O3S. The highest BCUT2D eigenvalue weighted by molar-refractivity contribution is 7.80. The van der Waals surface area contributed by atoms with Crippen molar-refractivity contribution in [2.75, 3.05) is 72.0 Å². The summed E-state index contributed by atoms with van der Waals surface area (Å²) in [6.45, 7) is 7.71. The molecule has 188 valence electrons. The number of fused-ring (bicyclic) bond motifs is 3. The molecule has 34 heavy (non-hydrogen) atoms. The number of aliphatic hydroxyl groups excluding tert-OH is 1. The molecule has 3 aliphatic heterocycles. The molecule has 3 heterocycles. The zero-order valence-corrected chi connectivity index (χ0v) is 21.7. The number of likely N-dealkylation sites (N-methyl/N-ethyl adjacent to an activating group) is 1. The zero-order valence-electron chi connectivity index (χ0n) is 20.9. The van der Waals surface area contributed by atoms with Gasteiger partial charge in [0.1, 0.15) is 0 Å². The Morgan fingerprint density at radius 2 is 2.03 bits per heavy atom. The summed E-state index contributed by atoms with van der Waals surface area (Å²) in [6.07, 6.45) is 0.842. The summed E-state index contributed by atoms with van der Waals surface area (Å²) in [5.41, 5.74) is 3.81. The number of ether oxygens (including phenoxy) is 1. The van der Waals surface area contributed by atoms with Crippen LogP contribution in [0.1, 0.15) is 30.5 Å². The third-order valence-corrected chi connectivity index (χ3v) is 8.15. The number of hydrogen-bond donors (Lipinski definition) is 2. The van der Waals surface area contributed by atoms with Crippen LogP contribution in [0.25, 0.3) is 0 Å². The summed E-state index contributed by atoms with van der Waals surface area (Å²) in [5, 5.41) is 14.4. The van der Waals surface area contributed by atoms with Gasteiger partial charge < -0.3 is 34.8 Å². The summed E-state index contributed by atoms with van der Waals surface area (Å²) in [5.74, 6) is -0.482. The number of carbonyl (C=O) groups is 1. The van der Waals surface area contributed by atoms with Crippen LogP contribution in [-0.2, 0) is 16.0 Å². The minimum Gasteiger partial charge on any atom is -0.393 e. The molecule has 2 fully saturated rings. The maximum absolute atomic E-state index is 13.7. The molecule has 0 spiro atoms. The summed E-state index contributed by atoms with van der Waals surface area (Å²) in [4.78, 5) is 22.4. The van der Waals surface area contributed by atoms with Crippen LogP contribution in [0, 0.1) is 5.92 Å². The Kier molecular flexibility index (Phi) is 7.97. The van der Waals surface area contributed by atoms with E-state index in [2.05, 4.69) is 40.4 Å². The number of thiocarbonyl (C=S) groups is 1. The molecule has 2 saturated heterocycles. The van der Waals surface area contributed by atoms with E-state index in [0.717, 1.165) is 39.0 Å². The van der Waals surface area contributed by atoms with Gasteiger partial charge >= 0.3 is 0 Å². The summed E-state index contributed by atoms with van der Waals surface area (Å²) in [6, 6.07) is 6.60. The molecule has 0 bridgehead atoms. The highest BCUT2D eigenvalue weighted by atomic mass is 32.1. The van der Waals surface area contributed by atoms with E-state index in [4.69, 9.17) is 17.0 Å². The molecule has 4 atom stereocenters.